The Morgan fingerprint density at radius 2 is 1.58 bits per heavy atom. The molecule has 0 aliphatic carbocycles. The Balaban J connectivity index is 2.93. The zero-order valence-corrected chi connectivity index (χ0v) is 20.4. The van der Waals surface area contributed by atoms with Crippen molar-refractivity contribution in [2.24, 2.45) is 0 Å². The first kappa shape index (κ1) is 21.4. The van der Waals surface area contributed by atoms with E-state index in [4.69, 9.17) is 0 Å². The molecular formula is C16H14I3N3O4. The average molecular weight is 693 g/mol. The highest BCUT2D eigenvalue weighted by Gasteiger charge is 2.27. The molecule has 2 aromatic rings. The number of benzene rings is 2. The molecule has 0 saturated heterocycles. The maximum atomic E-state index is 11.4. The van der Waals surface area contributed by atoms with Crippen LogP contribution in [0.4, 0.5) is 17.1 Å². The fourth-order valence-electron chi connectivity index (χ4n) is 2.69. The molecule has 0 radical (unpaired) electrons. The van der Waals surface area contributed by atoms with Gasteiger partial charge >= 0.3 is 5.97 Å². The van der Waals surface area contributed by atoms with Gasteiger partial charge in [0.15, 0.2) is 0 Å². The zero-order chi connectivity index (χ0) is 19.8. The molecule has 26 heavy (non-hydrogen) atoms. The minimum atomic E-state index is -1.31. The molecule has 0 saturated carbocycles. The van der Waals surface area contributed by atoms with E-state index in [1.54, 1.807) is 13.0 Å². The van der Waals surface area contributed by atoms with Crippen molar-refractivity contribution in [3.8, 4) is 11.1 Å². The minimum Gasteiger partial charge on any atom is -0.477 e. The summed E-state index contributed by atoms with van der Waals surface area (Å²) in [6.07, 6.45) is 0. The number of aryl methyl sites for hydroxylation is 1. The second-order valence-corrected chi connectivity index (χ2v) is 8.55. The van der Waals surface area contributed by atoms with Crippen LogP contribution in [-0.2, 0) is 0 Å². The van der Waals surface area contributed by atoms with E-state index in [1.165, 1.54) is 6.07 Å². The zero-order valence-electron chi connectivity index (χ0n) is 13.9. The van der Waals surface area contributed by atoms with E-state index in [9.17, 15) is 20.0 Å². The van der Waals surface area contributed by atoms with Gasteiger partial charge in [0.25, 0.3) is 5.69 Å². The van der Waals surface area contributed by atoms with Gasteiger partial charge in [0.1, 0.15) is 5.56 Å². The van der Waals surface area contributed by atoms with Gasteiger partial charge in [-0.15, -0.1) is 0 Å². The third-order valence-electron chi connectivity index (χ3n) is 3.83. The van der Waals surface area contributed by atoms with Gasteiger partial charge in [0.05, 0.1) is 19.9 Å². The Kier molecular flexibility index (Phi) is 6.92. The lowest BCUT2D eigenvalue weighted by molar-refractivity contribution is -0.385. The Labute approximate surface area is 190 Å². The van der Waals surface area contributed by atoms with Gasteiger partial charge in [-0.05, 0) is 91.9 Å². The number of nitro groups is 1. The van der Waals surface area contributed by atoms with Crippen LogP contribution < -0.4 is 10.6 Å². The lowest BCUT2D eigenvalue weighted by Gasteiger charge is -2.20. The van der Waals surface area contributed by atoms with Crippen LogP contribution in [0.15, 0.2) is 12.1 Å². The van der Waals surface area contributed by atoms with Crippen molar-refractivity contribution in [3.63, 3.8) is 0 Å². The number of nitro benzene ring substituents is 1. The van der Waals surface area contributed by atoms with Crippen molar-refractivity contribution in [2.45, 2.75) is 6.92 Å². The number of aromatic carboxylic acids is 1. The highest BCUT2D eigenvalue weighted by molar-refractivity contribution is 14.1. The van der Waals surface area contributed by atoms with Crippen LogP contribution in [0, 0.1) is 27.7 Å². The van der Waals surface area contributed by atoms with Gasteiger partial charge in [-0.25, -0.2) is 4.79 Å². The minimum absolute atomic E-state index is 0.281. The number of nitrogens with zero attached hydrogens (tertiary/aromatic N) is 1. The van der Waals surface area contributed by atoms with Crippen LogP contribution >= 0.6 is 67.8 Å². The average Bonchev–Trinajstić information content (AvgIpc) is 2.54. The number of hydrogen-bond acceptors (Lipinski definition) is 5. The first-order valence-electron chi connectivity index (χ1n) is 7.24. The highest BCUT2D eigenvalue weighted by atomic mass is 127. The summed E-state index contributed by atoms with van der Waals surface area (Å²) in [5.41, 5.74) is 2.92. The van der Waals surface area contributed by atoms with Gasteiger partial charge in [-0.2, -0.15) is 0 Å². The van der Waals surface area contributed by atoms with E-state index in [2.05, 4.69) is 78.4 Å². The summed E-state index contributed by atoms with van der Waals surface area (Å²) in [4.78, 5) is 22.2. The number of carbonyl (C=O) groups is 1. The Morgan fingerprint density at radius 1 is 1.08 bits per heavy atom. The summed E-state index contributed by atoms with van der Waals surface area (Å²) >= 11 is 6.66. The summed E-state index contributed by atoms with van der Waals surface area (Å²) in [6.45, 7) is 1.57. The molecule has 0 spiro atoms. The number of carboxylic acid groups (broad SMARTS) is 1. The smallest absolute Gasteiger partial charge is 0.343 e. The number of anilines is 2. The molecule has 10 heteroatoms. The van der Waals surface area contributed by atoms with Crippen molar-refractivity contribution in [1.29, 1.82) is 0 Å². The summed E-state index contributed by atoms with van der Waals surface area (Å²) in [5.74, 6) is -1.31. The predicted octanol–water partition coefficient (Wildman–Crippen LogP) is 5.17. The largest absolute Gasteiger partial charge is 0.477 e. The van der Waals surface area contributed by atoms with Crippen LogP contribution in [0.25, 0.3) is 11.1 Å². The molecule has 0 amide bonds. The van der Waals surface area contributed by atoms with Crippen LogP contribution in [0.2, 0.25) is 0 Å². The maximum Gasteiger partial charge on any atom is 0.343 e. The topological polar surface area (TPSA) is 104 Å². The van der Waals surface area contributed by atoms with Crippen molar-refractivity contribution in [1.82, 2.24) is 0 Å². The number of halogens is 3. The van der Waals surface area contributed by atoms with E-state index >= 15 is 0 Å². The summed E-state index contributed by atoms with van der Waals surface area (Å²) in [6, 6.07) is 3.02. The third kappa shape index (κ3) is 3.72. The van der Waals surface area contributed by atoms with Crippen molar-refractivity contribution in [3.05, 3.63) is 44.1 Å². The molecule has 0 aliphatic rings. The number of carboxylic acids is 1. The highest BCUT2D eigenvalue weighted by Crippen LogP contribution is 2.44. The van der Waals surface area contributed by atoms with Gasteiger partial charge in [-0.1, -0.05) is 0 Å². The number of hydrogen-bond donors (Lipinski definition) is 3. The van der Waals surface area contributed by atoms with Crippen molar-refractivity contribution >= 4 is 90.8 Å². The van der Waals surface area contributed by atoms with E-state index < -0.39 is 16.6 Å². The van der Waals surface area contributed by atoms with Crippen LogP contribution in [0.1, 0.15) is 15.9 Å². The normalized spacial score (nSPS) is 10.5. The Morgan fingerprint density at radius 3 is 1.96 bits per heavy atom. The fraction of sp³-hybridized carbons (Fsp3) is 0.188. The summed E-state index contributed by atoms with van der Waals surface area (Å²) in [5, 5.41) is 27.1. The quantitative estimate of drug-likeness (QED) is 0.227. The first-order chi connectivity index (χ1) is 12.1. The molecule has 0 aromatic heterocycles. The molecule has 2 aromatic carbocycles. The summed E-state index contributed by atoms with van der Waals surface area (Å²) < 4.78 is 2.84. The molecule has 0 unspecified atom stereocenters. The van der Waals surface area contributed by atoms with Crippen LogP contribution in [-0.4, -0.2) is 30.1 Å². The van der Waals surface area contributed by atoms with Crippen LogP contribution in [0.3, 0.4) is 0 Å². The van der Waals surface area contributed by atoms with Gasteiger partial charge in [0, 0.05) is 32.9 Å². The molecule has 0 fully saturated rings. The molecule has 2 rings (SSSR count). The molecular weight excluding hydrogens is 679 g/mol. The lowest BCUT2D eigenvalue weighted by atomic mass is 9.97. The lowest BCUT2D eigenvalue weighted by Crippen LogP contribution is -2.08. The van der Waals surface area contributed by atoms with Crippen molar-refractivity contribution in [2.75, 3.05) is 24.7 Å². The SMILES string of the molecule is CNc1c(I)c(NC)c(I)c(-c2cc(C)c(C(=O)O)c([N+](=O)[O-])c2)c1I. The fourth-order valence-corrected chi connectivity index (χ4v) is 7.56. The molecule has 0 heterocycles. The molecule has 0 bridgehead atoms. The van der Waals surface area contributed by atoms with Gasteiger partial charge in [0.2, 0.25) is 0 Å². The monoisotopic (exact) mass is 693 g/mol. The molecule has 138 valence electrons. The van der Waals surface area contributed by atoms with Crippen molar-refractivity contribution < 1.29 is 14.8 Å². The van der Waals surface area contributed by atoms with E-state index in [0.29, 0.717) is 11.1 Å². The second kappa shape index (κ2) is 8.41. The van der Waals surface area contributed by atoms with Gasteiger partial charge in [-0.3, -0.25) is 10.1 Å². The van der Waals surface area contributed by atoms with E-state index in [1.807, 2.05) is 14.1 Å². The molecule has 0 atom stereocenters. The van der Waals surface area contributed by atoms with Gasteiger partial charge < -0.3 is 15.7 Å². The standard InChI is InChI=1S/C16H14I3N3O4/c1-6-4-7(5-8(22(25)26)9(6)16(23)24)10-11(17)14(20-2)13(19)15(21-3)12(10)18/h4-5,20-21H,1-3H3,(H,23,24). The Bertz CT molecular complexity index is 901. The first-order valence-corrected chi connectivity index (χ1v) is 10.5. The number of nitrogens with one attached hydrogen (secondary N) is 2. The maximum absolute atomic E-state index is 11.4. The molecule has 7 nitrogen and oxygen atoms in total. The molecule has 0 aliphatic heterocycles. The number of rotatable bonds is 5. The van der Waals surface area contributed by atoms with E-state index in [-0.39, 0.29) is 5.56 Å². The second-order valence-electron chi connectivity index (χ2n) is 5.32. The third-order valence-corrected chi connectivity index (χ3v) is 7.07. The predicted molar refractivity (Wildman–Crippen MR) is 127 cm³/mol. The summed E-state index contributed by atoms with van der Waals surface area (Å²) in [7, 11) is 3.63. The van der Waals surface area contributed by atoms with Crippen LogP contribution in [0.5, 0.6) is 0 Å². The Hall–Kier alpha value is -0.900. The molecule has 3 N–H and O–H groups in total. The van der Waals surface area contributed by atoms with E-state index in [0.717, 1.165) is 27.6 Å².